The van der Waals surface area contributed by atoms with Crippen molar-refractivity contribution in [2.75, 3.05) is 0 Å². The predicted octanol–water partition coefficient (Wildman–Crippen LogP) is 4.28. The smallest absolute Gasteiger partial charge is 0.457 e. The lowest BCUT2D eigenvalue weighted by molar-refractivity contribution is 0.00578. The van der Waals surface area contributed by atoms with Crippen LogP contribution in [0.25, 0.3) is 17.4 Å². The molecule has 1 fully saturated rings. The molecule has 0 aromatic carbocycles. The maximum atomic E-state index is 14.4. The third kappa shape index (κ3) is 3.09. The molecule has 23 heavy (non-hydrogen) atoms. The van der Waals surface area contributed by atoms with E-state index >= 15 is 0 Å². The van der Waals surface area contributed by atoms with Crippen LogP contribution in [0, 0.1) is 0 Å². The maximum Gasteiger partial charge on any atom is 0.525 e. The van der Waals surface area contributed by atoms with Gasteiger partial charge in [-0.1, -0.05) is 0 Å². The molecular weight excluding hydrogens is 296 g/mol. The van der Waals surface area contributed by atoms with Crippen LogP contribution in [0.3, 0.4) is 0 Å². The molecule has 0 radical (unpaired) electrons. The quantitative estimate of drug-likeness (QED) is 0.793. The lowest BCUT2D eigenvalue weighted by atomic mass is 9.87. The molecule has 0 bridgehead atoms. The molecule has 4 nitrogen and oxygen atoms in total. The number of furan rings is 1. The summed E-state index contributed by atoms with van der Waals surface area (Å²) in [6.45, 7) is 7.53. The topological polar surface area (TPSA) is 44.5 Å². The first kappa shape index (κ1) is 16.0. The normalized spacial score (nSPS) is 20.0. The highest BCUT2D eigenvalue weighted by Gasteiger charge is 2.53. The van der Waals surface area contributed by atoms with Gasteiger partial charge in [-0.05, 0) is 52.0 Å². The van der Waals surface area contributed by atoms with Crippen molar-refractivity contribution in [2.24, 2.45) is 0 Å². The molecule has 1 aliphatic rings. The van der Waals surface area contributed by atoms with Gasteiger partial charge in [-0.2, -0.15) is 0 Å². The second-order valence-corrected chi connectivity index (χ2v) is 6.56. The minimum Gasteiger partial charge on any atom is -0.457 e. The van der Waals surface area contributed by atoms with Crippen LogP contribution in [0.15, 0.2) is 46.8 Å². The van der Waals surface area contributed by atoms with Gasteiger partial charge in [-0.25, -0.2) is 4.39 Å². The highest BCUT2D eigenvalue weighted by atomic mass is 19.1. The zero-order valence-electron chi connectivity index (χ0n) is 13.7. The summed E-state index contributed by atoms with van der Waals surface area (Å²) in [5, 5.41) is 0. The third-order valence-electron chi connectivity index (χ3n) is 4.35. The van der Waals surface area contributed by atoms with Crippen molar-refractivity contribution in [3.8, 4) is 11.3 Å². The average Bonchev–Trinajstić information content (AvgIpc) is 3.03. The van der Waals surface area contributed by atoms with Crippen molar-refractivity contribution < 1.29 is 18.1 Å². The van der Waals surface area contributed by atoms with E-state index in [1.807, 2.05) is 39.8 Å². The number of hydrogen-bond donors (Lipinski definition) is 0. The summed E-state index contributed by atoms with van der Waals surface area (Å²) >= 11 is 0. The monoisotopic (exact) mass is 315 g/mol. The van der Waals surface area contributed by atoms with E-state index < -0.39 is 24.0 Å². The number of aromatic nitrogens is 1. The van der Waals surface area contributed by atoms with E-state index in [1.165, 1.54) is 6.08 Å². The Bertz CT molecular complexity index is 708. The molecule has 1 saturated heterocycles. The first-order valence-corrected chi connectivity index (χ1v) is 7.51. The Hall–Kier alpha value is -1.92. The van der Waals surface area contributed by atoms with E-state index in [0.717, 1.165) is 5.56 Å². The Morgan fingerprint density at radius 3 is 2.26 bits per heavy atom. The number of hydrogen-bond acceptors (Lipinski definition) is 4. The van der Waals surface area contributed by atoms with E-state index in [0.29, 0.717) is 11.5 Å². The zero-order chi connectivity index (χ0) is 16.7. The second kappa shape index (κ2) is 5.62. The molecule has 1 aliphatic heterocycles. The Labute approximate surface area is 135 Å². The largest absolute Gasteiger partial charge is 0.525 e. The van der Waals surface area contributed by atoms with Gasteiger partial charge in [-0.15, -0.1) is 0 Å². The van der Waals surface area contributed by atoms with Crippen LogP contribution in [0.5, 0.6) is 0 Å². The van der Waals surface area contributed by atoms with Gasteiger partial charge in [0.2, 0.25) is 0 Å². The fourth-order valence-corrected chi connectivity index (χ4v) is 2.26. The summed E-state index contributed by atoms with van der Waals surface area (Å²) in [5.41, 5.74) is -0.780. The predicted molar refractivity (Wildman–Crippen MR) is 87.1 cm³/mol. The van der Waals surface area contributed by atoms with E-state index in [4.69, 9.17) is 13.7 Å². The molecule has 0 aliphatic carbocycles. The summed E-state index contributed by atoms with van der Waals surface area (Å²) < 4.78 is 31.4. The Kier molecular flexibility index (Phi) is 3.90. The van der Waals surface area contributed by atoms with Crippen LogP contribution < -0.4 is 0 Å². The molecular formula is C17H19BFNO3. The second-order valence-electron chi connectivity index (χ2n) is 6.56. The van der Waals surface area contributed by atoms with Gasteiger partial charge in [0.1, 0.15) is 17.2 Å². The van der Waals surface area contributed by atoms with Gasteiger partial charge < -0.3 is 13.7 Å². The first-order chi connectivity index (χ1) is 10.8. The van der Waals surface area contributed by atoms with E-state index in [9.17, 15) is 4.39 Å². The first-order valence-electron chi connectivity index (χ1n) is 7.51. The minimum atomic E-state index is -1.02. The molecule has 3 heterocycles. The van der Waals surface area contributed by atoms with Crippen molar-refractivity contribution in [1.29, 1.82) is 0 Å². The fraction of sp³-hybridized carbons (Fsp3) is 0.353. The number of halogens is 1. The Balaban J connectivity index is 1.79. The van der Waals surface area contributed by atoms with Crippen molar-refractivity contribution in [3.05, 3.63) is 48.1 Å². The van der Waals surface area contributed by atoms with Crippen LogP contribution in [-0.2, 0) is 9.31 Å². The summed E-state index contributed by atoms with van der Waals surface area (Å²) in [7, 11) is -1.02. The van der Waals surface area contributed by atoms with Crippen LogP contribution in [-0.4, -0.2) is 23.3 Å². The molecule has 0 unspecified atom stereocenters. The molecule has 2 aromatic heterocycles. The Morgan fingerprint density at radius 1 is 1.04 bits per heavy atom. The van der Waals surface area contributed by atoms with Crippen LogP contribution in [0.2, 0.25) is 0 Å². The number of pyridine rings is 1. The van der Waals surface area contributed by atoms with Crippen molar-refractivity contribution >= 4 is 13.2 Å². The van der Waals surface area contributed by atoms with Gasteiger partial charge in [0.25, 0.3) is 0 Å². The zero-order valence-corrected chi connectivity index (χ0v) is 13.7. The summed E-state index contributed by atoms with van der Waals surface area (Å²) in [6.07, 6.45) is 4.66. The maximum absolute atomic E-state index is 14.4. The summed E-state index contributed by atoms with van der Waals surface area (Å²) in [5.74, 6) is 1.06. The fourth-order valence-electron chi connectivity index (χ4n) is 2.26. The van der Waals surface area contributed by atoms with E-state index in [2.05, 4.69) is 4.98 Å². The highest BCUT2D eigenvalue weighted by Crippen LogP contribution is 2.39. The molecule has 0 N–H and O–H groups in total. The summed E-state index contributed by atoms with van der Waals surface area (Å²) in [4.78, 5) is 3.96. The highest BCUT2D eigenvalue weighted by molar-refractivity contribution is 6.54. The standard InChI is InChI=1S/C17H19BFNO3/c1-16(2)17(3,4)23-18(22-16)15(19)11-13-5-6-14(21-13)12-7-9-20-10-8-12/h5-11H,1-4H3. The number of rotatable bonds is 3. The van der Waals surface area contributed by atoms with Gasteiger partial charge in [0, 0.05) is 24.0 Å². The van der Waals surface area contributed by atoms with Crippen molar-refractivity contribution in [1.82, 2.24) is 4.98 Å². The minimum absolute atomic E-state index is 0.407. The molecule has 0 atom stereocenters. The molecule has 2 aromatic rings. The molecule has 3 rings (SSSR count). The van der Waals surface area contributed by atoms with Crippen molar-refractivity contribution in [3.63, 3.8) is 0 Å². The van der Waals surface area contributed by atoms with Crippen molar-refractivity contribution in [2.45, 2.75) is 38.9 Å². The molecule has 120 valence electrons. The molecule has 6 heteroatoms. The lowest BCUT2D eigenvalue weighted by Gasteiger charge is -2.32. The van der Waals surface area contributed by atoms with Crippen LogP contribution in [0.1, 0.15) is 33.5 Å². The average molecular weight is 315 g/mol. The number of nitrogens with zero attached hydrogens (tertiary/aromatic N) is 1. The van der Waals surface area contributed by atoms with Gasteiger partial charge in [0.05, 0.1) is 11.2 Å². The molecule has 0 saturated carbocycles. The SMILES string of the molecule is CC1(C)OB(C(F)=Cc2ccc(-c3ccncc3)o2)OC1(C)C. The van der Waals surface area contributed by atoms with Gasteiger partial charge in [0.15, 0.2) is 0 Å². The van der Waals surface area contributed by atoms with Crippen LogP contribution >= 0.6 is 0 Å². The van der Waals surface area contributed by atoms with E-state index in [1.54, 1.807) is 24.5 Å². The lowest BCUT2D eigenvalue weighted by Crippen LogP contribution is -2.41. The summed E-state index contributed by atoms with van der Waals surface area (Å²) in [6, 6.07) is 7.16. The Morgan fingerprint density at radius 2 is 1.65 bits per heavy atom. The molecule has 0 amide bonds. The van der Waals surface area contributed by atoms with E-state index in [-0.39, 0.29) is 0 Å². The van der Waals surface area contributed by atoms with Crippen LogP contribution in [0.4, 0.5) is 4.39 Å². The molecule has 0 spiro atoms. The van der Waals surface area contributed by atoms with Gasteiger partial charge in [-0.3, -0.25) is 4.98 Å². The third-order valence-corrected chi connectivity index (χ3v) is 4.35. The van der Waals surface area contributed by atoms with Gasteiger partial charge >= 0.3 is 7.12 Å².